The molecule has 114 valence electrons. The lowest BCUT2D eigenvalue weighted by Gasteiger charge is -2.02. The van der Waals surface area contributed by atoms with Gasteiger partial charge in [0.25, 0.3) is 0 Å². The van der Waals surface area contributed by atoms with Crippen LogP contribution in [0.25, 0.3) is 22.2 Å². The molecule has 2 heterocycles. The van der Waals surface area contributed by atoms with E-state index in [0.29, 0.717) is 0 Å². The molecule has 0 aliphatic rings. The molecule has 0 radical (unpaired) electrons. The topological polar surface area (TPSA) is 40.7 Å². The molecule has 0 saturated carbocycles. The quantitative estimate of drug-likeness (QED) is 0.542. The van der Waals surface area contributed by atoms with Gasteiger partial charge in [0.1, 0.15) is 0 Å². The number of aromatic amines is 1. The number of H-pyrrole nitrogens is 1. The second-order valence-electron chi connectivity index (χ2n) is 5.55. The van der Waals surface area contributed by atoms with Crippen LogP contribution in [-0.2, 0) is 6.54 Å². The van der Waals surface area contributed by atoms with Crippen LogP contribution in [0.2, 0.25) is 0 Å². The van der Waals surface area contributed by atoms with Crippen LogP contribution < -0.4 is 5.32 Å². The molecular weight excluding hydrogens is 302 g/mol. The van der Waals surface area contributed by atoms with Gasteiger partial charge in [-0.1, -0.05) is 48.5 Å². The van der Waals surface area contributed by atoms with Crippen molar-refractivity contribution in [1.82, 2.24) is 9.97 Å². The van der Waals surface area contributed by atoms with Crippen molar-refractivity contribution in [2.24, 2.45) is 0 Å². The number of nitrogens with one attached hydrogen (secondary N) is 2. The van der Waals surface area contributed by atoms with Crippen LogP contribution in [0, 0.1) is 6.92 Å². The number of benzene rings is 2. The van der Waals surface area contributed by atoms with Crippen LogP contribution >= 0.6 is 11.3 Å². The van der Waals surface area contributed by atoms with Crippen molar-refractivity contribution in [1.29, 1.82) is 0 Å². The number of aromatic nitrogens is 2. The molecule has 0 aliphatic heterocycles. The number of fused-ring (bicyclic) bond motifs is 1. The monoisotopic (exact) mass is 319 g/mol. The summed E-state index contributed by atoms with van der Waals surface area (Å²) in [5, 5.41) is 7.71. The van der Waals surface area contributed by atoms with E-state index in [-0.39, 0.29) is 0 Å². The fourth-order valence-electron chi connectivity index (χ4n) is 2.85. The Morgan fingerprint density at radius 1 is 1.04 bits per heavy atom. The van der Waals surface area contributed by atoms with Crippen molar-refractivity contribution in [3.05, 3.63) is 71.2 Å². The zero-order chi connectivity index (χ0) is 15.6. The first-order valence-corrected chi connectivity index (χ1v) is 8.50. The lowest BCUT2D eigenvalue weighted by atomic mass is 10.1. The Bertz CT molecular complexity index is 938. The zero-order valence-corrected chi connectivity index (χ0v) is 13.7. The number of hydrogen-bond acceptors (Lipinski definition) is 3. The molecular formula is C19H17N3S. The number of aryl methyl sites for hydroxylation is 1. The Labute approximate surface area is 139 Å². The zero-order valence-electron chi connectivity index (χ0n) is 12.8. The number of hydrogen-bond donors (Lipinski definition) is 2. The predicted molar refractivity (Wildman–Crippen MR) is 97.9 cm³/mol. The molecule has 0 aliphatic carbocycles. The number of rotatable bonds is 4. The first-order chi connectivity index (χ1) is 11.3. The van der Waals surface area contributed by atoms with Crippen LogP contribution in [0.5, 0.6) is 0 Å². The summed E-state index contributed by atoms with van der Waals surface area (Å²) in [5.41, 5.74) is 5.80. The molecule has 2 aromatic carbocycles. The Kier molecular flexibility index (Phi) is 3.60. The van der Waals surface area contributed by atoms with E-state index in [0.717, 1.165) is 28.6 Å². The van der Waals surface area contributed by atoms with Crippen molar-refractivity contribution in [3.63, 3.8) is 0 Å². The third-order valence-corrected chi connectivity index (χ3v) is 4.74. The van der Waals surface area contributed by atoms with E-state index in [1.807, 2.05) is 6.07 Å². The van der Waals surface area contributed by atoms with Crippen LogP contribution in [0.1, 0.15) is 11.3 Å². The summed E-state index contributed by atoms with van der Waals surface area (Å²) in [6.07, 6.45) is 0. The standard InChI is InChI=1S/C19H17N3S/c1-13-18(15-9-5-6-10-16(15)21-13)17-12-23-19(22-17)20-11-14-7-3-2-4-8-14/h2-10,12,21H,11H2,1H3,(H,20,22). The fourth-order valence-corrected chi connectivity index (χ4v) is 3.55. The maximum absolute atomic E-state index is 4.77. The second-order valence-corrected chi connectivity index (χ2v) is 6.41. The van der Waals surface area contributed by atoms with Gasteiger partial charge in [0, 0.05) is 34.1 Å². The first-order valence-electron chi connectivity index (χ1n) is 7.62. The van der Waals surface area contributed by atoms with E-state index in [2.05, 4.69) is 71.1 Å². The van der Waals surface area contributed by atoms with Gasteiger partial charge in [0.15, 0.2) is 5.13 Å². The highest BCUT2D eigenvalue weighted by molar-refractivity contribution is 7.14. The van der Waals surface area contributed by atoms with E-state index in [1.54, 1.807) is 11.3 Å². The van der Waals surface area contributed by atoms with E-state index in [9.17, 15) is 0 Å². The summed E-state index contributed by atoms with van der Waals surface area (Å²) in [7, 11) is 0. The minimum Gasteiger partial charge on any atom is -0.358 e. The van der Waals surface area contributed by atoms with Crippen molar-refractivity contribution in [2.45, 2.75) is 13.5 Å². The molecule has 4 heteroatoms. The molecule has 0 spiro atoms. The summed E-state index contributed by atoms with van der Waals surface area (Å²) in [6.45, 7) is 2.90. The third-order valence-electron chi connectivity index (χ3n) is 3.94. The normalized spacial score (nSPS) is 11.0. The molecule has 0 amide bonds. The van der Waals surface area contributed by atoms with Crippen LogP contribution in [0.3, 0.4) is 0 Å². The van der Waals surface area contributed by atoms with Gasteiger partial charge >= 0.3 is 0 Å². The molecule has 0 unspecified atom stereocenters. The molecule has 0 saturated heterocycles. The Morgan fingerprint density at radius 3 is 2.70 bits per heavy atom. The van der Waals surface area contributed by atoms with E-state index >= 15 is 0 Å². The van der Waals surface area contributed by atoms with Crippen LogP contribution in [-0.4, -0.2) is 9.97 Å². The second kappa shape index (κ2) is 5.89. The van der Waals surface area contributed by atoms with Crippen molar-refractivity contribution >= 4 is 27.4 Å². The van der Waals surface area contributed by atoms with E-state index in [4.69, 9.17) is 4.98 Å². The maximum atomic E-state index is 4.77. The SMILES string of the molecule is Cc1[nH]c2ccccc2c1-c1csc(NCc2ccccc2)n1. The van der Waals surface area contributed by atoms with E-state index < -0.39 is 0 Å². The van der Waals surface area contributed by atoms with Crippen molar-refractivity contribution in [2.75, 3.05) is 5.32 Å². The third kappa shape index (κ3) is 2.73. The highest BCUT2D eigenvalue weighted by Crippen LogP contribution is 2.33. The predicted octanol–water partition coefficient (Wildman–Crippen LogP) is 5.21. The summed E-state index contributed by atoms with van der Waals surface area (Å²) >= 11 is 1.65. The van der Waals surface area contributed by atoms with Crippen molar-refractivity contribution < 1.29 is 0 Å². The highest BCUT2D eigenvalue weighted by Gasteiger charge is 2.13. The van der Waals surface area contributed by atoms with E-state index in [1.165, 1.54) is 16.5 Å². The molecule has 3 nitrogen and oxygen atoms in total. The Morgan fingerprint density at radius 2 is 1.83 bits per heavy atom. The Balaban J connectivity index is 1.61. The summed E-state index contributed by atoms with van der Waals surface area (Å²) in [5.74, 6) is 0. The average Bonchev–Trinajstić information content (AvgIpc) is 3.17. The van der Waals surface area contributed by atoms with Gasteiger partial charge in [0.2, 0.25) is 0 Å². The Hall–Kier alpha value is -2.59. The molecule has 2 aromatic heterocycles. The van der Waals surface area contributed by atoms with Crippen LogP contribution in [0.4, 0.5) is 5.13 Å². The molecule has 2 N–H and O–H groups in total. The molecule has 4 rings (SSSR count). The van der Waals surface area contributed by atoms with Gasteiger partial charge in [-0.3, -0.25) is 0 Å². The van der Waals surface area contributed by atoms with Crippen molar-refractivity contribution in [3.8, 4) is 11.3 Å². The lowest BCUT2D eigenvalue weighted by molar-refractivity contribution is 1.13. The fraction of sp³-hybridized carbons (Fsp3) is 0.105. The number of anilines is 1. The average molecular weight is 319 g/mol. The molecule has 0 atom stereocenters. The van der Waals surface area contributed by atoms with Gasteiger partial charge in [-0.05, 0) is 18.6 Å². The minimum absolute atomic E-state index is 0.792. The summed E-state index contributed by atoms with van der Waals surface area (Å²) < 4.78 is 0. The van der Waals surface area contributed by atoms with Gasteiger partial charge in [-0.25, -0.2) is 4.98 Å². The molecule has 23 heavy (non-hydrogen) atoms. The smallest absolute Gasteiger partial charge is 0.183 e. The van der Waals surface area contributed by atoms with Gasteiger partial charge < -0.3 is 10.3 Å². The van der Waals surface area contributed by atoms with Crippen LogP contribution in [0.15, 0.2) is 60.0 Å². The number of para-hydroxylation sites is 1. The summed E-state index contributed by atoms with van der Waals surface area (Å²) in [4.78, 5) is 8.20. The lowest BCUT2D eigenvalue weighted by Crippen LogP contribution is -1.98. The molecule has 4 aromatic rings. The number of nitrogens with zero attached hydrogens (tertiary/aromatic N) is 1. The largest absolute Gasteiger partial charge is 0.358 e. The van der Waals surface area contributed by atoms with Gasteiger partial charge in [-0.15, -0.1) is 11.3 Å². The van der Waals surface area contributed by atoms with Gasteiger partial charge in [-0.2, -0.15) is 0 Å². The number of thiazole rings is 1. The molecule has 0 fully saturated rings. The molecule has 0 bridgehead atoms. The first kappa shape index (κ1) is 14.0. The summed E-state index contributed by atoms with van der Waals surface area (Å²) in [6, 6.07) is 18.7. The maximum Gasteiger partial charge on any atom is 0.183 e. The minimum atomic E-state index is 0.792. The van der Waals surface area contributed by atoms with Gasteiger partial charge in [0.05, 0.1) is 5.69 Å². The highest BCUT2D eigenvalue weighted by atomic mass is 32.1.